The number of hydrogen-bond acceptors (Lipinski definition) is 5. The molecule has 2 heterocycles. The number of aryl methyl sites for hydroxylation is 1. The Hall–Kier alpha value is -3.31. The molecule has 0 aliphatic carbocycles. The van der Waals surface area contributed by atoms with E-state index in [0.717, 1.165) is 59.4 Å². The summed E-state index contributed by atoms with van der Waals surface area (Å²) in [4.78, 5) is 6.82. The second-order valence-electron chi connectivity index (χ2n) is 7.91. The molecule has 0 amide bonds. The fourth-order valence-corrected chi connectivity index (χ4v) is 4.17. The number of aliphatic hydroxyl groups is 1. The molecule has 0 saturated carbocycles. The fourth-order valence-electron chi connectivity index (χ4n) is 4.17. The summed E-state index contributed by atoms with van der Waals surface area (Å²) in [6.07, 6.45) is -2.67. The van der Waals surface area contributed by atoms with Gasteiger partial charge >= 0.3 is 6.18 Å². The molecule has 1 atom stereocenters. The first-order valence-electron chi connectivity index (χ1n) is 10.3. The highest BCUT2D eigenvalue weighted by Gasteiger charge is 2.34. The number of fused-ring (bicyclic) bond motifs is 1. The average Bonchev–Trinajstić information content (AvgIpc) is 3.24. The second kappa shape index (κ2) is 8.67. The Labute approximate surface area is 183 Å². The smallest absolute Gasteiger partial charge is 0.417 e. The Morgan fingerprint density at radius 1 is 1.22 bits per heavy atom. The minimum absolute atomic E-state index is 0.0390. The molecular weight excluding hydrogens is 419 g/mol. The van der Waals surface area contributed by atoms with Crippen LogP contribution in [0.1, 0.15) is 35.2 Å². The van der Waals surface area contributed by atoms with Gasteiger partial charge in [0, 0.05) is 23.3 Å². The first kappa shape index (κ1) is 21.9. The van der Waals surface area contributed by atoms with E-state index in [1.165, 1.54) is 6.07 Å². The number of anilines is 1. The van der Waals surface area contributed by atoms with Crippen molar-refractivity contribution in [3.8, 4) is 11.8 Å². The number of hydrogen-bond donors (Lipinski definition) is 1. The molecule has 1 aliphatic rings. The van der Waals surface area contributed by atoms with Crippen molar-refractivity contribution in [1.82, 2.24) is 4.98 Å². The predicted molar refractivity (Wildman–Crippen MR) is 114 cm³/mol. The van der Waals surface area contributed by atoms with Crippen molar-refractivity contribution >= 4 is 16.6 Å². The van der Waals surface area contributed by atoms with Crippen LogP contribution in [0.5, 0.6) is 5.75 Å². The van der Waals surface area contributed by atoms with Crippen molar-refractivity contribution in [2.45, 2.75) is 38.6 Å². The molecule has 166 valence electrons. The maximum Gasteiger partial charge on any atom is 0.417 e. The number of nitrogens with zero attached hydrogens (tertiary/aromatic N) is 3. The van der Waals surface area contributed by atoms with Crippen LogP contribution in [0.15, 0.2) is 42.5 Å². The van der Waals surface area contributed by atoms with E-state index in [9.17, 15) is 18.3 Å². The van der Waals surface area contributed by atoms with Gasteiger partial charge in [-0.1, -0.05) is 12.1 Å². The van der Waals surface area contributed by atoms with Gasteiger partial charge in [-0.2, -0.15) is 18.4 Å². The number of benzene rings is 2. The quantitative estimate of drug-likeness (QED) is 0.605. The molecule has 0 spiro atoms. The highest BCUT2D eigenvalue weighted by Crippen LogP contribution is 2.35. The van der Waals surface area contributed by atoms with E-state index < -0.39 is 17.3 Å². The maximum atomic E-state index is 13.2. The number of halogens is 3. The van der Waals surface area contributed by atoms with Crippen LogP contribution < -0.4 is 9.64 Å². The molecule has 2 aromatic carbocycles. The van der Waals surface area contributed by atoms with Gasteiger partial charge in [0.1, 0.15) is 12.4 Å². The molecule has 5 nitrogen and oxygen atoms in total. The Kier molecular flexibility index (Phi) is 5.94. The van der Waals surface area contributed by atoms with Crippen LogP contribution in [-0.4, -0.2) is 29.3 Å². The van der Waals surface area contributed by atoms with E-state index in [1.807, 2.05) is 31.2 Å². The van der Waals surface area contributed by atoms with Crippen LogP contribution in [0.2, 0.25) is 0 Å². The first-order chi connectivity index (χ1) is 15.3. The zero-order chi connectivity index (χ0) is 22.9. The topological polar surface area (TPSA) is 69.4 Å². The van der Waals surface area contributed by atoms with E-state index in [-0.39, 0.29) is 25.0 Å². The lowest BCUT2D eigenvalue weighted by atomic mass is 10.1. The van der Waals surface area contributed by atoms with E-state index in [4.69, 9.17) is 10.00 Å². The van der Waals surface area contributed by atoms with E-state index in [0.29, 0.717) is 0 Å². The van der Waals surface area contributed by atoms with Crippen LogP contribution in [0.25, 0.3) is 10.9 Å². The van der Waals surface area contributed by atoms with Crippen molar-refractivity contribution < 1.29 is 23.0 Å². The van der Waals surface area contributed by atoms with Crippen molar-refractivity contribution in [3.05, 3.63) is 64.8 Å². The summed E-state index contributed by atoms with van der Waals surface area (Å²) in [6, 6.07) is 12.6. The largest absolute Gasteiger partial charge is 0.489 e. The molecule has 4 rings (SSSR count). The fraction of sp³-hybridized carbons (Fsp3) is 0.333. The maximum absolute atomic E-state index is 13.2. The molecule has 1 fully saturated rings. The number of alkyl halides is 3. The Morgan fingerprint density at radius 3 is 2.75 bits per heavy atom. The summed E-state index contributed by atoms with van der Waals surface area (Å²) >= 11 is 0. The third kappa shape index (κ3) is 4.34. The van der Waals surface area contributed by atoms with Gasteiger partial charge in [0.05, 0.1) is 35.4 Å². The summed E-state index contributed by atoms with van der Waals surface area (Å²) in [5.74, 6) is 0.0390. The molecule has 8 heteroatoms. The number of aromatic nitrogens is 1. The molecule has 0 bridgehead atoms. The van der Waals surface area contributed by atoms with Gasteiger partial charge < -0.3 is 14.7 Å². The van der Waals surface area contributed by atoms with E-state index in [2.05, 4.69) is 9.88 Å². The standard InChI is InChI=1S/C24H22F3N3O2/c1-15-9-23(30-8-2-3-18(30)13-31)20-7-4-16(10-22(20)29-15)14-32-19-6-5-17(12-28)21(11-19)24(25,26)27/h4-7,9-11,18,31H,2-3,8,13-14H2,1H3. The van der Waals surface area contributed by atoms with Crippen LogP contribution in [0, 0.1) is 18.3 Å². The number of rotatable bonds is 5. The number of pyridine rings is 1. The molecule has 1 aliphatic heterocycles. The Balaban J connectivity index is 1.60. The van der Waals surface area contributed by atoms with E-state index in [1.54, 1.807) is 6.07 Å². The summed E-state index contributed by atoms with van der Waals surface area (Å²) in [7, 11) is 0. The van der Waals surface area contributed by atoms with Crippen molar-refractivity contribution in [2.24, 2.45) is 0 Å². The van der Waals surface area contributed by atoms with Gasteiger partial charge in [-0.25, -0.2) is 0 Å². The number of ether oxygens (including phenoxy) is 1. The molecule has 1 N–H and O–H groups in total. The zero-order valence-corrected chi connectivity index (χ0v) is 17.5. The van der Waals surface area contributed by atoms with E-state index >= 15 is 0 Å². The van der Waals surface area contributed by atoms with Gasteiger partial charge in [0.15, 0.2) is 0 Å². The molecule has 32 heavy (non-hydrogen) atoms. The molecule has 1 aromatic heterocycles. The number of aliphatic hydroxyl groups excluding tert-OH is 1. The first-order valence-corrected chi connectivity index (χ1v) is 10.3. The minimum Gasteiger partial charge on any atom is -0.489 e. The highest BCUT2D eigenvalue weighted by atomic mass is 19.4. The van der Waals surface area contributed by atoms with Gasteiger partial charge in [0.2, 0.25) is 0 Å². The lowest BCUT2D eigenvalue weighted by molar-refractivity contribution is -0.137. The SMILES string of the molecule is Cc1cc(N2CCCC2CO)c2ccc(COc3ccc(C#N)c(C(F)(F)F)c3)cc2n1. The van der Waals surface area contributed by atoms with Gasteiger partial charge in [-0.15, -0.1) is 0 Å². The van der Waals surface area contributed by atoms with Crippen LogP contribution >= 0.6 is 0 Å². The highest BCUT2D eigenvalue weighted by molar-refractivity contribution is 5.92. The molecule has 0 radical (unpaired) electrons. The number of nitriles is 1. The Bertz CT molecular complexity index is 1190. The van der Waals surface area contributed by atoms with Gasteiger partial charge in [-0.3, -0.25) is 4.98 Å². The molecule has 1 saturated heterocycles. The zero-order valence-electron chi connectivity index (χ0n) is 17.5. The second-order valence-corrected chi connectivity index (χ2v) is 7.91. The third-order valence-corrected chi connectivity index (χ3v) is 5.70. The lowest BCUT2D eigenvalue weighted by Gasteiger charge is -2.27. The summed E-state index contributed by atoms with van der Waals surface area (Å²) in [5, 5.41) is 19.6. The van der Waals surface area contributed by atoms with Gasteiger partial charge in [-0.05, 0) is 55.7 Å². The van der Waals surface area contributed by atoms with Crippen LogP contribution in [-0.2, 0) is 12.8 Å². The molecule has 1 unspecified atom stereocenters. The minimum atomic E-state index is -4.63. The summed E-state index contributed by atoms with van der Waals surface area (Å²) in [6.45, 7) is 2.94. The van der Waals surface area contributed by atoms with Crippen molar-refractivity contribution in [3.63, 3.8) is 0 Å². The lowest BCUT2D eigenvalue weighted by Crippen LogP contribution is -2.32. The van der Waals surface area contributed by atoms with Crippen molar-refractivity contribution in [1.29, 1.82) is 5.26 Å². The monoisotopic (exact) mass is 441 g/mol. The van der Waals surface area contributed by atoms with Crippen LogP contribution in [0.3, 0.4) is 0 Å². The van der Waals surface area contributed by atoms with Crippen LogP contribution in [0.4, 0.5) is 18.9 Å². The molecule has 3 aromatic rings. The average molecular weight is 441 g/mol. The van der Waals surface area contributed by atoms with Crippen molar-refractivity contribution in [2.75, 3.05) is 18.1 Å². The Morgan fingerprint density at radius 2 is 2.03 bits per heavy atom. The molecular formula is C24H22F3N3O2. The summed E-state index contributed by atoms with van der Waals surface area (Å²) < 4.78 is 45.1. The summed E-state index contributed by atoms with van der Waals surface area (Å²) in [5.41, 5.74) is 1.95. The normalized spacial score (nSPS) is 16.4. The predicted octanol–water partition coefficient (Wildman–Crippen LogP) is 4.97. The third-order valence-electron chi connectivity index (χ3n) is 5.70. The van der Waals surface area contributed by atoms with Gasteiger partial charge in [0.25, 0.3) is 0 Å².